The number of halogens is 2. The first-order chi connectivity index (χ1) is 12.8. The summed E-state index contributed by atoms with van der Waals surface area (Å²) >= 11 is 6.07. The zero-order valence-electron chi connectivity index (χ0n) is 14.0. The van der Waals surface area contributed by atoms with Crippen LogP contribution in [0.5, 0.6) is 5.75 Å². The summed E-state index contributed by atoms with van der Waals surface area (Å²) in [6.07, 6.45) is 7.80. The van der Waals surface area contributed by atoms with Crippen molar-refractivity contribution >= 4 is 38.1 Å². The highest BCUT2D eigenvalue weighted by Crippen LogP contribution is 2.45. The quantitative estimate of drug-likeness (QED) is 0.780. The SMILES string of the molecule is C#CCN1c2nccnc2C(O)=C(c2c(F)ccc(Cl)c2OCC)S1(=O)=O. The number of benzene rings is 1. The van der Waals surface area contributed by atoms with Gasteiger partial charge in [-0.25, -0.2) is 27.1 Å². The van der Waals surface area contributed by atoms with Gasteiger partial charge >= 0.3 is 0 Å². The number of rotatable bonds is 4. The summed E-state index contributed by atoms with van der Waals surface area (Å²) in [6.45, 7) is 1.33. The zero-order chi connectivity index (χ0) is 19.8. The second-order valence-corrected chi connectivity index (χ2v) is 7.49. The van der Waals surface area contributed by atoms with Gasteiger partial charge in [-0.1, -0.05) is 17.5 Å². The highest BCUT2D eigenvalue weighted by atomic mass is 35.5. The number of sulfonamides is 1. The summed E-state index contributed by atoms with van der Waals surface area (Å²) < 4.78 is 47.2. The molecule has 1 aliphatic heterocycles. The van der Waals surface area contributed by atoms with Crippen LogP contribution in [0, 0.1) is 18.2 Å². The third-order valence-corrected chi connectivity index (χ3v) is 5.81. The predicted octanol–water partition coefficient (Wildman–Crippen LogP) is 2.83. The van der Waals surface area contributed by atoms with Gasteiger partial charge in [0.15, 0.2) is 11.6 Å². The molecule has 0 aliphatic carbocycles. The van der Waals surface area contributed by atoms with Crippen LogP contribution in [-0.4, -0.2) is 36.6 Å². The molecule has 1 N–H and O–H groups in total. The van der Waals surface area contributed by atoms with E-state index in [1.54, 1.807) is 6.92 Å². The summed E-state index contributed by atoms with van der Waals surface area (Å²) in [5.41, 5.74) is -0.653. The Morgan fingerprint density at radius 3 is 2.74 bits per heavy atom. The third-order valence-electron chi connectivity index (χ3n) is 3.71. The maximum Gasteiger partial charge on any atom is 0.271 e. The van der Waals surface area contributed by atoms with E-state index >= 15 is 0 Å². The van der Waals surface area contributed by atoms with Crippen molar-refractivity contribution in [2.75, 3.05) is 17.5 Å². The molecule has 3 rings (SSSR count). The first kappa shape index (κ1) is 18.9. The van der Waals surface area contributed by atoms with Crippen LogP contribution in [0.25, 0.3) is 10.7 Å². The van der Waals surface area contributed by atoms with E-state index in [-0.39, 0.29) is 28.9 Å². The molecule has 2 heterocycles. The molecule has 1 aliphatic rings. The first-order valence-electron chi connectivity index (χ1n) is 7.66. The molecular weight excluding hydrogens is 397 g/mol. The fourth-order valence-electron chi connectivity index (χ4n) is 2.65. The average molecular weight is 410 g/mol. The lowest BCUT2D eigenvalue weighted by Crippen LogP contribution is -2.37. The van der Waals surface area contributed by atoms with Crippen LogP contribution >= 0.6 is 11.6 Å². The van der Waals surface area contributed by atoms with E-state index in [9.17, 15) is 17.9 Å². The Bertz CT molecular complexity index is 1100. The molecule has 0 amide bonds. The van der Waals surface area contributed by atoms with Gasteiger partial charge in [0.2, 0.25) is 0 Å². The Hall–Kier alpha value is -2.83. The van der Waals surface area contributed by atoms with Gasteiger partial charge in [-0.3, -0.25) is 0 Å². The highest BCUT2D eigenvalue weighted by molar-refractivity contribution is 8.02. The number of aliphatic hydroxyl groups excluding tert-OH is 1. The van der Waals surface area contributed by atoms with Crippen LogP contribution in [0.4, 0.5) is 10.2 Å². The molecule has 10 heteroatoms. The minimum atomic E-state index is -4.48. The van der Waals surface area contributed by atoms with Crippen LogP contribution < -0.4 is 9.04 Å². The Labute approximate surface area is 160 Å². The van der Waals surface area contributed by atoms with Crippen LogP contribution in [0.15, 0.2) is 24.5 Å². The van der Waals surface area contributed by atoms with E-state index in [1.807, 2.05) is 0 Å². The summed E-state index contributed by atoms with van der Waals surface area (Å²) in [5.74, 6) is 0.130. The molecule has 140 valence electrons. The molecule has 27 heavy (non-hydrogen) atoms. The van der Waals surface area contributed by atoms with E-state index in [4.69, 9.17) is 22.8 Å². The van der Waals surface area contributed by atoms with E-state index in [1.165, 1.54) is 18.5 Å². The molecule has 0 radical (unpaired) electrons. The van der Waals surface area contributed by atoms with E-state index in [2.05, 4.69) is 15.9 Å². The van der Waals surface area contributed by atoms with Crippen molar-refractivity contribution in [1.82, 2.24) is 9.97 Å². The number of fused-ring (bicyclic) bond motifs is 1. The summed E-state index contributed by atoms with van der Waals surface area (Å²) in [4.78, 5) is 7.15. The smallest absolute Gasteiger partial charge is 0.271 e. The monoisotopic (exact) mass is 409 g/mol. The molecule has 2 aromatic rings. The van der Waals surface area contributed by atoms with Crippen molar-refractivity contribution < 1.29 is 22.7 Å². The molecule has 1 aromatic carbocycles. The van der Waals surface area contributed by atoms with E-state index in [0.717, 1.165) is 10.4 Å². The number of anilines is 1. The van der Waals surface area contributed by atoms with Crippen LogP contribution in [0.2, 0.25) is 5.02 Å². The summed E-state index contributed by atoms with van der Waals surface area (Å²) in [7, 11) is -4.48. The van der Waals surface area contributed by atoms with Gasteiger partial charge in [-0.15, -0.1) is 6.42 Å². The molecule has 7 nitrogen and oxygen atoms in total. The minimum Gasteiger partial charge on any atom is -0.504 e. The standard InChI is InChI=1S/C17H13ClFN3O4S/c1-3-9-22-17-13(20-7-8-21-17)14(23)16(27(22,24)25)12-11(19)6-5-10(18)15(12)26-4-2/h1,5-8,23H,4,9H2,2H3. The Balaban J connectivity index is 2.43. The van der Waals surface area contributed by atoms with Crippen LogP contribution in [-0.2, 0) is 10.0 Å². The normalized spacial score (nSPS) is 15.3. The van der Waals surface area contributed by atoms with E-state index < -0.39 is 38.6 Å². The zero-order valence-corrected chi connectivity index (χ0v) is 15.6. The van der Waals surface area contributed by atoms with Gasteiger partial charge in [0.1, 0.15) is 22.2 Å². The second kappa shape index (κ2) is 7.06. The molecule has 0 unspecified atom stereocenters. The lowest BCUT2D eigenvalue weighted by molar-refractivity contribution is 0.337. The molecular formula is C17H13ClFN3O4S. The summed E-state index contributed by atoms with van der Waals surface area (Å²) in [6, 6.07) is 2.21. The van der Waals surface area contributed by atoms with Gasteiger partial charge in [-0.2, -0.15) is 0 Å². The van der Waals surface area contributed by atoms with Gasteiger partial charge in [0, 0.05) is 12.4 Å². The minimum absolute atomic E-state index is 0.0165. The van der Waals surface area contributed by atoms with Crippen molar-refractivity contribution in [3.8, 4) is 18.1 Å². The number of hydrogen-bond acceptors (Lipinski definition) is 6. The maximum atomic E-state index is 14.7. The van der Waals surface area contributed by atoms with Gasteiger partial charge < -0.3 is 9.84 Å². The number of hydrogen-bond donors (Lipinski definition) is 1. The number of aromatic nitrogens is 2. The summed E-state index contributed by atoms with van der Waals surface area (Å²) in [5, 5.41) is 10.6. The van der Waals surface area contributed by atoms with Gasteiger partial charge in [0.05, 0.1) is 23.7 Å². The number of aliphatic hydroxyl groups is 1. The second-order valence-electron chi connectivity index (χ2n) is 5.29. The average Bonchev–Trinajstić information content (AvgIpc) is 2.64. The molecule has 0 fully saturated rings. The Morgan fingerprint density at radius 2 is 2.07 bits per heavy atom. The number of ether oxygens (including phenoxy) is 1. The number of nitrogens with zero attached hydrogens (tertiary/aromatic N) is 3. The van der Waals surface area contributed by atoms with Crippen molar-refractivity contribution in [2.24, 2.45) is 0 Å². The number of terminal acetylenes is 1. The first-order valence-corrected chi connectivity index (χ1v) is 9.48. The largest absolute Gasteiger partial charge is 0.504 e. The maximum absolute atomic E-state index is 14.7. The fourth-order valence-corrected chi connectivity index (χ4v) is 4.48. The predicted molar refractivity (Wildman–Crippen MR) is 99.2 cm³/mol. The fraction of sp³-hybridized carbons (Fsp3) is 0.176. The van der Waals surface area contributed by atoms with Gasteiger partial charge in [0.25, 0.3) is 10.0 Å². The van der Waals surface area contributed by atoms with Gasteiger partial charge in [-0.05, 0) is 19.1 Å². The van der Waals surface area contributed by atoms with Crippen molar-refractivity contribution in [2.45, 2.75) is 6.92 Å². The third kappa shape index (κ3) is 2.97. The topological polar surface area (TPSA) is 92.6 Å². The lowest BCUT2D eigenvalue weighted by Gasteiger charge is -2.29. The van der Waals surface area contributed by atoms with Crippen molar-refractivity contribution in [3.63, 3.8) is 0 Å². The van der Waals surface area contributed by atoms with E-state index in [0.29, 0.717) is 0 Å². The Morgan fingerprint density at radius 1 is 1.37 bits per heavy atom. The van der Waals surface area contributed by atoms with Crippen LogP contribution in [0.1, 0.15) is 18.2 Å². The van der Waals surface area contributed by atoms with Crippen molar-refractivity contribution in [1.29, 1.82) is 0 Å². The molecule has 0 spiro atoms. The molecule has 0 saturated heterocycles. The molecule has 1 aromatic heterocycles. The molecule has 0 saturated carbocycles. The Kier molecular flexibility index (Phi) is 4.95. The highest BCUT2D eigenvalue weighted by Gasteiger charge is 2.42. The lowest BCUT2D eigenvalue weighted by atomic mass is 10.1. The van der Waals surface area contributed by atoms with Crippen molar-refractivity contribution in [3.05, 3.63) is 46.6 Å². The van der Waals surface area contributed by atoms with Crippen LogP contribution in [0.3, 0.4) is 0 Å². The molecule has 0 bridgehead atoms. The molecule has 0 atom stereocenters.